The van der Waals surface area contributed by atoms with Crippen LogP contribution in [0.5, 0.6) is 46.0 Å². The van der Waals surface area contributed by atoms with E-state index in [-0.39, 0.29) is 0 Å². The van der Waals surface area contributed by atoms with Crippen molar-refractivity contribution in [1.82, 2.24) is 0 Å². The summed E-state index contributed by atoms with van der Waals surface area (Å²) in [5.41, 5.74) is 12.9. The van der Waals surface area contributed by atoms with Crippen molar-refractivity contribution in [2.45, 2.75) is 60.8 Å². The molecule has 18 rings (SSSR count). The Morgan fingerprint density at radius 3 is 0.538 bits per heavy atom. The predicted molar refractivity (Wildman–Crippen MR) is 379 cm³/mol. The van der Waals surface area contributed by atoms with Crippen molar-refractivity contribution in [3.63, 3.8) is 0 Å². The minimum Gasteiger partial charge on any atom is -0.456 e. The van der Waals surface area contributed by atoms with Gasteiger partial charge in [-0.15, -0.1) is 0 Å². The van der Waals surface area contributed by atoms with E-state index in [1.165, 1.54) is 0 Å². The van der Waals surface area contributed by atoms with Gasteiger partial charge in [0.15, 0.2) is 28.6 Å². The van der Waals surface area contributed by atoms with Crippen molar-refractivity contribution in [1.29, 1.82) is 0 Å². The van der Waals surface area contributed by atoms with Gasteiger partial charge >= 0.3 is 0 Å². The molecule has 12 aromatic carbocycles. The first-order chi connectivity index (χ1) is 44.8. The van der Waals surface area contributed by atoms with Crippen molar-refractivity contribution >= 4 is 92.2 Å². The molecule has 0 atom stereocenters. The Morgan fingerprint density at radius 1 is 0.215 bits per heavy atom. The Balaban J connectivity index is 1.00. The van der Waals surface area contributed by atoms with Crippen LogP contribution in [-0.4, -0.2) is 0 Å². The van der Waals surface area contributed by atoms with E-state index in [1.807, 2.05) is 225 Å². The van der Waals surface area contributed by atoms with Gasteiger partial charge < -0.3 is 37.2 Å². The molecule has 0 N–H and O–H groups in total. The van der Waals surface area contributed by atoms with E-state index in [2.05, 4.69) is 48.5 Å². The number of benzene rings is 12. The van der Waals surface area contributed by atoms with Gasteiger partial charge in [0.05, 0.1) is 47.9 Å². The lowest BCUT2D eigenvalue weighted by molar-refractivity contribution is 0.484. The number of hydrogen-bond acceptors (Lipinski definition) is 8. The van der Waals surface area contributed by atoms with Crippen molar-refractivity contribution in [3.8, 4) is 68.2 Å². The van der Waals surface area contributed by atoms with Crippen LogP contribution in [0.2, 0.25) is 0 Å². The lowest BCUT2D eigenvalue weighted by atomic mass is 9.70. The lowest BCUT2D eigenvalue weighted by Gasteiger charge is -2.35. The van der Waals surface area contributed by atoms with Crippen LogP contribution < -0.4 is 82.6 Å². The molecule has 0 unspecified atom stereocenters. The average molecular weight is 1290 g/mol. The van der Waals surface area contributed by atoms with E-state index in [0.29, 0.717) is 110 Å². The lowest BCUT2D eigenvalue weighted by Crippen LogP contribution is -2.35. The quantitative estimate of drug-likeness (QED) is 0.161. The van der Waals surface area contributed by atoms with E-state index >= 15 is 18.3 Å². The van der Waals surface area contributed by atoms with Crippen molar-refractivity contribution in [2.75, 3.05) is 0 Å². The maximum absolute atomic E-state index is 17.5. The number of fused-ring (bicyclic) bond motifs is 18. The van der Waals surface area contributed by atoms with E-state index in [1.54, 1.807) is 0 Å². The first-order valence-corrected chi connectivity index (χ1v) is 38.2. The third kappa shape index (κ3) is 7.59. The monoisotopic (exact) mass is 1280 g/mol. The minimum absolute atomic E-state index is 0.529. The van der Waals surface area contributed by atoms with Gasteiger partial charge in [-0.05, 0) is 221 Å². The summed E-state index contributed by atoms with van der Waals surface area (Å²) in [5, 5.41) is 7.21. The fourth-order valence-corrected chi connectivity index (χ4v) is 27.9. The molecule has 2 aliphatic carbocycles. The van der Waals surface area contributed by atoms with Crippen LogP contribution in [0.15, 0.2) is 218 Å². The van der Waals surface area contributed by atoms with Gasteiger partial charge in [0.25, 0.3) is 0 Å². The Morgan fingerprint density at radius 2 is 0.376 bits per heavy atom. The van der Waals surface area contributed by atoms with Crippen molar-refractivity contribution in [2.24, 2.45) is 0 Å². The Bertz CT molecular complexity index is 4760. The zero-order valence-electron chi connectivity index (χ0n) is 52.3. The van der Waals surface area contributed by atoms with Gasteiger partial charge in [0, 0.05) is 21.2 Å². The van der Waals surface area contributed by atoms with Crippen molar-refractivity contribution < 1.29 is 37.2 Å². The molecule has 12 heteroatoms. The van der Waals surface area contributed by atoms with E-state index in [4.69, 9.17) is 18.9 Å². The van der Waals surface area contributed by atoms with Crippen LogP contribution in [-0.2, 0) is 23.7 Å². The molecule has 0 fully saturated rings. The van der Waals surface area contributed by atoms with Crippen LogP contribution >= 0.6 is 28.6 Å². The summed E-state index contributed by atoms with van der Waals surface area (Å²) in [6, 6.07) is 72.6. The molecule has 6 aliphatic rings. The summed E-state index contributed by atoms with van der Waals surface area (Å²) in [4.78, 5) is 0. The summed E-state index contributed by atoms with van der Waals surface area (Å²) in [6.07, 6.45) is 0. The van der Waals surface area contributed by atoms with Crippen LogP contribution in [0.25, 0.3) is 22.3 Å². The zero-order chi connectivity index (χ0) is 63.6. The maximum atomic E-state index is 17.5. The highest BCUT2D eigenvalue weighted by molar-refractivity contribution is 7.87. The van der Waals surface area contributed by atoms with Crippen LogP contribution in [0.3, 0.4) is 0 Å². The highest BCUT2D eigenvalue weighted by Gasteiger charge is 2.56. The highest BCUT2D eigenvalue weighted by Crippen LogP contribution is 2.66. The zero-order valence-corrected chi connectivity index (χ0v) is 55.9. The maximum Gasteiger partial charge on any atom is 0.178 e. The summed E-state index contributed by atoms with van der Waals surface area (Å²) in [6.45, 7) is 16.1. The summed E-state index contributed by atoms with van der Waals surface area (Å²) in [7, 11) is -15.3. The van der Waals surface area contributed by atoms with Crippen LogP contribution in [0.4, 0.5) is 0 Å². The molecule has 0 aromatic heterocycles. The average Bonchev–Trinajstić information content (AvgIpc) is 1.51. The molecule has 4 aliphatic heterocycles. The second kappa shape index (κ2) is 19.4. The molecule has 0 bridgehead atoms. The number of rotatable bonds is 4. The van der Waals surface area contributed by atoms with Gasteiger partial charge in [-0.3, -0.25) is 0 Å². The topological polar surface area (TPSA) is 105 Å². The Hall–Kier alpha value is -9.24. The van der Waals surface area contributed by atoms with Gasteiger partial charge in [0.1, 0.15) is 46.0 Å². The van der Waals surface area contributed by atoms with Crippen molar-refractivity contribution in [3.05, 3.63) is 285 Å². The molecule has 0 amide bonds. The predicted octanol–water partition coefficient (Wildman–Crippen LogP) is 15.5. The van der Waals surface area contributed by atoms with Crippen LogP contribution in [0.1, 0.15) is 66.8 Å². The second-order valence-corrected chi connectivity index (χ2v) is 37.1. The third-order valence-corrected chi connectivity index (χ3v) is 32.4. The summed E-state index contributed by atoms with van der Waals surface area (Å²) >= 11 is 0. The minimum atomic E-state index is -3.83. The first kappa shape index (κ1) is 56.5. The molecule has 1 spiro atoms. The first-order valence-electron chi connectivity index (χ1n) is 31.4. The number of aryl methyl sites for hydroxylation is 8. The Labute approximate surface area is 540 Å². The van der Waals surface area contributed by atoms with Gasteiger partial charge in [-0.2, -0.15) is 0 Å². The molecule has 4 heterocycles. The van der Waals surface area contributed by atoms with Gasteiger partial charge in [-0.1, -0.05) is 142 Å². The molecule has 93 heavy (non-hydrogen) atoms. The molecule has 0 saturated heterocycles. The molecule has 0 saturated carbocycles. The van der Waals surface area contributed by atoms with E-state index < -0.39 is 34.0 Å². The number of ether oxygens (including phenoxy) is 4. The van der Waals surface area contributed by atoms with Crippen LogP contribution in [0, 0.1) is 55.4 Å². The molecular formula is C81H60O8P4. The second-order valence-electron chi connectivity index (χ2n) is 26.3. The normalized spacial score (nSPS) is 16.3. The molecule has 452 valence electrons. The SMILES string of the molecule is Cc1ccc2c(c1)P(=O)(c1ccc3c(c1)C1(c4cc(P5(=O)c6cc(C)ccc6Oc6ccc(C)cc65)ccc4-3)c3cc(P4(=O)c5cc(C)ccc5Oc5ccc(C)cc54)ccc3-c3ccc(P4(=O)c5cc(C)ccc5Oc5ccc(C)cc54)cc31)c1cc(C)ccc1O2. The van der Waals surface area contributed by atoms with E-state index in [0.717, 1.165) is 89.0 Å². The summed E-state index contributed by atoms with van der Waals surface area (Å²) < 4.78 is 96.8. The third-order valence-electron chi connectivity index (χ3n) is 20.2. The molecule has 0 radical (unpaired) electrons. The molecule has 8 nitrogen and oxygen atoms in total. The van der Waals surface area contributed by atoms with E-state index in [9.17, 15) is 0 Å². The standard InChI is InChI=1S/C81H60O8P4/c1-45-9-25-65-73(33-45)90(82,74-34-46(2)10-26-66(74)86-65)53-17-21-57-58-22-18-54(91(83)75-35-47(3)11-27-67(75)87-68-28-12-48(4)36-76(68)91)42-62(58)81(61(57)41-53)63-43-55(92(84)77-37-49(5)13-29-69(77)88-70-30-14-50(6)38-78(70)92)19-23-59(63)60-24-20-56(44-64(60)81)93(85)79-39-51(7)15-31-71(79)89-72-32-16-52(8)40-80(72)93/h9-44H,1-8H3. The van der Waals surface area contributed by atoms with Gasteiger partial charge in [-0.25, -0.2) is 0 Å². The fourth-order valence-electron chi connectivity index (χ4n) is 15.7. The Kier molecular flexibility index (Phi) is 11.8. The molecule has 12 aromatic rings. The summed E-state index contributed by atoms with van der Waals surface area (Å²) in [5.74, 6) is 4.23. The molecular weight excluding hydrogens is 1220 g/mol. The number of hydrogen-bond donors (Lipinski definition) is 0. The van der Waals surface area contributed by atoms with Gasteiger partial charge in [0.2, 0.25) is 0 Å². The smallest absolute Gasteiger partial charge is 0.178 e. The highest BCUT2D eigenvalue weighted by atomic mass is 31.2. The fraction of sp³-hybridized carbons (Fsp3) is 0.111. The largest absolute Gasteiger partial charge is 0.456 e.